The Morgan fingerprint density at radius 1 is 1.29 bits per heavy atom. The number of likely N-dealkylation sites (N-methyl/N-ethyl adjacent to an activating group) is 1. The van der Waals surface area contributed by atoms with Crippen LogP contribution in [0.15, 0.2) is 22.7 Å². The van der Waals surface area contributed by atoms with E-state index in [-0.39, 0.29) is 5.82 Å². The first kappa shape index (κ1) is 17.0. The topological polar surface area (TPSA) is 12.0 Å². The highest BCUT2D eigenvalue weighted by Crippen LogP contribution is 2.34. The summed E-state index contributed by atoms with van der Waals surface area (Å²) >= 11 is 3.40. The molecule has 0 bridgehead atoms. The van der Waals surface area contributed by atoms with Crippen LogP contribution in [-0.4, -0.2) is 12.6 Å². The summed E-state index contributed by atoms with van der Waals surface area (Å²) in [5.41, 5.74) is 1.09. The van der Waals surface area contributed by atoms with Crippen LogP contribution < -0.4 is 5.32 Å². The van der Waals surface area contributed by atoms with E-state index in [0.29, 0.717) is 6.04 Å². The summed E-state index contributed by atoms with van der Waals surface area (Å²) in [5, 5.41) is 3.65. The number of hydrogen-bond donors (Lipinski definition) is 1. The molecule has 1 aromatic rings. The Balaban J connectivity index is 2.07. The average Bonchev–Trinajstić information content (AvgIpc) is 2.46. The molecule has 1 saturated carbocycles. The Morgan fingerprint density at radius 2 is 2.10 bits per heavy atom. The Labute approximate surface area is 136 Å². The van der Waals surface area contributed by atoms with Gasteiger partial charge >= 0.3 is 0 Å². The van der Waals surface area contributed by atoms with Crippen LogP contribution in [0.3, 0.4) is 0 Å². The zero-order valence-corrected chi connectivity index (χ0v) is 14.8. The number of nitrogens with one attached hydrogen (secondary N) is 1. The molecule has 1 aromatic carbocycles. The third kappa shape index (κ3) is 5.07. The fourth-order valence-corrected chi connectivity index (χ4v) is 4.23. The fraction of sp³-hybridized carbons (Fsp3) is 0.667. The normalized spacial score (nSPS) is 24.0. The second-order valence-electron chi connectivity index (χ2n) is 6.35. The van der Waals surface area contributed by atoms with E-state index < -0.39 is 0 Å². The van der Waals surface area contributed by atoms with Gasteiger partial charge in [0.05, 0.1) is 0 Å². The third-order valence-corrected chi connectivity index (χ3v) is 5.27. The second kappa shape index (κ2) is 8.28. The van der Waals surface area contributed by atoms with Crippen molar-refractivity contribution in [3.63, 3.8) is 0 Å². The van der Waals surface area contributed by atoms with Crippen molar-refractivity contribution in [2.75, 3.05) is 6.54 Å². The van der Waals surface area contributed by atoms with Crippen molar-refractivity contribution >= 4 is 15.9 Å². The van der Waals surface area contributed by atoms with Gasteiger partial charge in [-0.15, -0.1) is 0 Å². The average molecular weight is 356 g/mol. The van der Waals surface area contributed by atoms with Gasteiger partial charge in [0.2, 0.25) is 0 Å². The third-order valence-electron chi connectivity index (χ3n) is 4.81. The first-order chi connectivity index (χ1) is 10.1. The van der Waals surface area contributed by atoms with Gasteiger partial charge in [0.25, 0.3) is 0 Å². The zero-order valence-electron chi connectivity index (χ0n) is 13.2. The van der Waals surface area contributed by atoms with E-state index in [0.717, 1.165) is 34.8 Å². The zero-order chi connectivity index (χ0) is 15.2. The summed E-state index contributed by atoms with van der Waals surface area (Å²) in [7, 11) is 0. The largest absolute Gasteiger partial charge is 0.314 e. The van der Waals surface area contributed by atoms with E-state index in [1.165, 1.54) is 38.2 Å². The highest BCUT2D eigenvalue weighted by molar-refractivity contribution is 9.10. The Bertz CT molecular complexity index is 429. The SMILES string of the molecule is CCNC(Cc1cc(F)cc(Br)c1)C1CCCC(CC)C1. The van der Waals surface area contributed by atoms with Crippen molar-refractivity contribution < 1.29 is 4.39 Å². The maximum absolute atomic E-state index is 13.6. The number of hydrogen-bond acceptors (Lipinski definition) is 1. The first-order valence-corrected chi connectivity index (χ1v) is 9.10. The van der Waals surface area contributed by atoms with Crippen molar-refractivity contribution in [1.82, 2.24) is 5.32 Å². The molecule has 0 heterocycles. The Hall–Kier alpha value is -0.410. The van der Waals surface area contributed by atoms with Crippen LogP contribution in [0.2, 0.25) is 0 Å². The molecule has 0 aromatic heterocycles. The van der Waals surface area contributed by atoms with Crippen molar-refractivity contribution in [3.8, 4) is 0 Å². The highest BCUT2D eigenvalue weighted by Gasteiger charge is 2.27. The van der Waals surface area contributed by atoms with Gasteiger partial charge in [-0.25, -0.2) is 4.39 Å². The monoisotopic (exact) mass is 355 g/mol. The predicted molar refractivity (Wildman–Crippen MR) is 91.0 cm³/mol. The lowest BCUT2D eigenvalue weighted by Crippen LogP contribution is -2.40. The molecule has 3 heteroatoms. The summed E-state index contributed by atoms with van der Waals surface area (Å²) in [5.74, 6) is 1.46. The van der Waals surface area contributed by atoms with Gasteiger partial charge in [-0.3, -0.25) is 0 Å². The summed E-state index contributed by atoms with van der Waals surface area (Å²) < 4.78 is 14.4. The molecule has 0 amide bonds. The highest BCUT2D eigenvalue weighted by atomic mass is 79.9. The van der Waals surface area contributed by atoms with Gasteiger partial charge in [-0.05, 0) is 61.4 Å². The molecule has 118 valence electrons. The molecule has 2 rings (SSSR count). The molecule has 0 aliphatic heterocycles. The lowest BCUT2D eigenvalue weighted by atomic mass is 9.75. The standard InChI is InChI=1S/C18H27BrFN/c1-3-13-6-5-7-15(8-13)18(21-4-2)11-14-9-16(19)12-17(20)10-14/h9-10,12-13,15,18,21H,3-8,11H2,1-2H3. The smallest absolute Gasteiger partial charge is 0.124 e. The van der Waals surface area contributed by atoms with Gasteiger partial charge in [0.15, 0.2) is 0 Å². The van der Waals surface area contributed by atoms with Gasteiger partial charge in [-0.1, -0.05) is 49.0 Å². The maximum Gasteiger partial charge on any atom is 0.124 e. The van der Waals surface area contributed by atoms with E-state index in [2.05, 4.69) is 35.1 Å². The van der Waals surface area contributed by atoms with Crippen LogP contribution in [-0.2, 0) is 6.42 Å². The molecule has 1 N–H and O–H groups in total. The first-order valence-electron chi connectivity index (χ1n) is 8.30. The van der Waals surface area contributed by atoms with Crippen LogP contribution in [0.5, 0.6) is 0 Å². The summed E-state index contributed by atoms with van der Waals surface area (Å²) in [6.07, 6.45) is 7.58. The van der Waals surface area contributed by atoms with Gasteiger partial charge in [0, 0.05) is 10.5 Å². The van der Waals surface area contributed by atoms with Gasteiger partial charge in [0.1, 0.15) is 5.82 Å². The van der Waals surface area contributed by atoms with Gasteiger partial charge < -0.3 is 5.32 Å². The van der Waals surface area contributed by atoms with E-state index in [1.54, 1.807) is 6.07 Å². The number of halogens is 2. The second-order valence-corrected chi connectivity index (χ2v) is 7.26. The Kier molecular flexibility index (Phi) is 6.69. The summed E-state index contributed by atoms with van der Waals surface area (Å²) in [4.78, 5) is 0. The predicted octanol–water partition coefficient (Wildman–Crippen LogP) is 5.33. The minimum Gasteiger partial charge on any atom is -0.314 e. The molecule has 3 atom stereocenters. The van der Waals surface area contributed by atoms with Crippen LogP contribution in [0.1, 0.15) is 51.5 Å². The summed E-state index contributed by atoms with van der Waals surface area (Å²) in [6.45, 7) is 5.45. The minimum absolute atomic E-state index is 0.148. The van der Waals surface area contributed by atoms with Crippen molar-refractivity contribution in [2.45, 2.75) is 58.4 Å². The Morgan fingerprint density at radius 3 is 2.76 bits per heavy atom. The van der Waals surface area contributed by atoms with E-state index in [1.807, 2.05) is 6.07 Å². The summed E-state index contributed by atoms with van der Waals surface area (Å²) in [6, 6.07) is 5.72. The molecule has 0 saturated heterocycles. The van der Waals surface area contributed by atoms with Crippen LogP contribution in [0.25, 0.3) is 0 Å². The molecule has 0 spiro atoms. The van der Waals surface area contributed by atoms with Crippen LogP contribution >= 0.6 is 15.9 Å². The maximum atomic E-state index is 13.6. The van der Waals surface area contributed by atoms with Crippen molar-refractivity contribution in [2.24, 2.45) is 11.8 Å². The van der Waals surface area contributed by atoms with Crippen LogP contribution in [0, 0.1) is 17.7 Å². The number of rotatable bonds is 6. The van der Waals surface area contributed by atoms with E-state index in [4.69, 9.17) is 0 Å². The minimum atomic E-state index is -0.148. The lowest BCUT2D eigenvalue weighted by Gasteiger charge is -2.35. The molecule has 1 nitrogen and oxygen atoms in total. The van der Waals surface area contributed by atoms with E-state index in [9.17, 15) is 4.39 Å². The fourth-order valence-electron chi connectivity index (χ4n) is 3.72. The number of benzene rings is 1. The van der Waals surface area contributed by atoms with Gasteiger partial charge in [-0.2, -0.15) is 0 Å². The molecule has 3 unspecified atom stereocenters. The molecule has 1 fully saturated rings. The molecule has 0 radical (unpaired) electrons. The quantitative estimate of drug-likeness (QED) is 0.727. The molecule has 1 aliphatic rings. The van der Waals surface area contributed by atoms with Crippen LogP contribution in [0.4, 0.5) is 4.39 Å². The van der Waals surface area contributed by atoms with E-state index >= 15 is 0 Å². The molecule has 1 aliphatic carbocycles. The lowest BCUT2D eigenvalue weighted by molar-refractivity contribution is 0.208. The molecular weight excluding hydrogens is 329 g/mol. The molecular formula is C18H27BrFN. The molecule has 21 heavy (non-hydrogen) atoms. The van der Waals surface area contributed by atoms with Crippen molar-refractivity contribution in [1.29, 1.82) is 0 Å². The van der Waals surface area contributed by atoms with Crippen molar-refractivity contribution in [3.05, 3.63) is 34.1 Å².